The Kier molecular flexibility index (Phi) is 2.07. The van der Waals surface area contributed by atoms with Gasteiger partial charge in [-0.25, -0.2) is 4.68 Å². The summed E-state index contributed by atoms with van der Waals surface area (Å²) in [4.78, 5) is 0. The van der Waals surface area contributed by atoms with E-state index in [0.29, 0.717) is 5.82 Å². The summed E-state index contributed by atoms with van der Waals surface area (Å²) >= 11 is 0. The summed E-state index contributed by atoms with van der Waals surface area (Å²) in [7, 11) is 0. The smallest absolute Gasteiger partial charge is 0.156 e. The van der Waals surface area contributed by atoms with E-state index in [2.05, 4.69) is 24.0 Å². The Balaban J connectivity index is 2.51. The molecule has 0 aliphatic rings. The third-order valence-electron chi connectivity index (χ3n) is 2.41. The minimum atomic E-state index is 0.672. The predicted octanol–water partition coefficient (Wildman–Crippen LogP) is 0.696. The van der Waals surface area contributed by atoms with Gasteiger partial charge in [-0.1, -0.05) is 0 Å². The Bertz CT molecular complexity index is 423. The first kappa shape index (κ1) is 8.93. The highest BCUT2D eigenvalue weighted by atomic mass is 15.6. The highest BCUT2D eigenvalue weighted by Crippen LogP contribution is 2.10. The molecule has 2 N–H and O–H groups in total. The average molecular weight is 193 g/mol. The number of nitrogens with two attached hydrogens (primary N) is 1. The van der Waals surface area contributed by atoms with Crippen molar-refractivity contribution in [3.63, 3.8) is 0 Å². The molecule has 76 valence electrons. The summed E-state index contributed by atoms with van der Waals surface area (Å²) in [6, 6.07) is 3.84. The topological polar surface area (TPSA) is 51.5 Å². The summed E-state index contributed by atoms with van der Waals surface area (Å²) in [5.41, 5.74) is 6.75. The van der Waals surface area contributed by atoms with Crippen LogP contribution in [-0.4, -0.2) is 27.4 Å². The number of nitrogen functional groups attached to an aromatic ring is 1. The lowest BCUT2D eigenvalue weighted by Gasteiger charge is -2.21. The molecule has 0 bridgehead atoms. The van der Waals surface area contributed by atoms with Crippen molar-refractivity contribution in [2.24, 2.45) is 0 Å². The molecule has 0 saturated heterocycles. The lowest BCUT2D eigenvalue weighted by molar-refractivity contribution is 0.634. The molecule has 0 aromatic carbocycles. The molecule has 0 saturated carbocycles. The number of rotatable bonds is 3. The minimum Gasteiger partial charge on any atom is -0.384 e. The molecule has 0 unspecified atom stereocenters. The summed E-state index contributed by atoms with van der Waals surface area (Å²) in [6.45, 7) is 6.14. The third kappa shape index (κ3) is 1.13. The van der Waals surface area contributed by atoms with Crippen LogP contribution in [0.5, 0.6) is 0 Å². The number of hydrogen-bond donors (Lipinski definition) is 1. The maximum atomic E-state index is 5.74. The molecule has 14 heavy (non-hydrogen) atoms. The number of nitrogens with zero attached hydrogens (tertiary/aromatic N) is 4. The van der Waals surface area contributed by atoms with Gasteiger partial charge in [0.15, 0.2) is 5.65 Å². The van der Waals surface area contributed by atoms with E-state index in [1.165, 1.54) is 0 Å². The van der Waals surface area contributed by atoms with E-state index in [1.807, 2.05) is 16.8 Å². The van der Waals surface area contributed by atoms with Crippen molar-refractivity contribution in [2.45, 2.75) is 13.8 Å². The molecule has 2 aromatic heterocycles. The third-order valence-corrected chi connectivity index (χ3v) is 2.41. The van der Waals surface area contributed by atoms with Gasteiger partial charge in [0, 0.05) is 13.1 Å². The Hall–Kier alpha value is -1.65. The van der Waals surface area contributed by atoms with Gasteiger partial charge >= 0.3 is 0 Å². The number of hydrogen-bond acceptors (Lipinski definition) is 3. The molecular weight excluding hydrogens is 178 g/mol. The lowest BCUT2D eigenvalue weighted by atomic mass is 10.6. The van der Waals surface area contributed by atoms with Crippen LogP contribution in [0, 0.1) is 0 Å². The molecule has 0 atom stereocenters. The first-order chi connectivity index (χ1) is 6.77. The Morgan fingerprint density at radius 2 is 2.07 bits per heavy atom. The largest absolute Gasteiger partial charge is 0.384 e. The van der Waals surface area contributed by atoms with E-state index < -0.39 is 0 Å². The highest BCUT2D eigenvalue weighted by Gasteiger charge is 2.08. The zero-order chi connectivity index (χ0) is 10.1. The monoisotopic (exact) mass is 193 g/mol. The van der Waals surface area contributed by atoms with Crippen molar-refractivity contribution < 1.29 is 0 Å². The molecular formula is C9H15N5. The van der Waals surface area contributed by atoms with E-state index in [1.54, 1.807) is 10.8 Å². The van der Waals surface area contributed by atoms with Crippen molar-refractivity contribution in [3.8, 4) is 0 Å². The maximum Gasteiger partial charge on any atom is 0.156 e. The fraction of sp³-hybridized carbons (Fsp3) is 0.444. The molecule has 2 aromatic rings. The average Bonchev–Trinajstić information content (AvgIpc) is 2.74. The maximum absolute atomic E-state index is 5.74. The SMILES string of the molecule is CCN(CC)n1cnn2c(N)ccc12. The van der Waals surface area contributed by atoms with Crippen LogP contribution in [0.3, 0.4) is 0 Å². The first-order valence-electron chi connectivity index (χ1n) is 4.83. The molecule has 0 amide bonds. The van der Waals surface area contributed by atoms with Crippen molar-refractivity contribution in [1.82, 2.24) is 14.3 Å². The quantitative estimate of drug-likeness (QED) is 0.780. The summed E-state index contributed by atoms with van der Waals surface area (Å²) in [5, 5.41) is 6.39. The first-order valence-corrected chi connectivity index (χ1v) is 4.83. The van der Waals surface area contributed by atoms with E-state index >= 15 is 0 Å². The number of anilines is 1. The van der Waals surface area contributed by atoms with Crippen molar-refractivity contribution in [2.75, 3.05) is 23.8 Å². The fourth-order valence-corrected chi connectivity index (χ4v) is 1.64. The standard InChI is InChI=1S/C9H15N5/c1-3-12(4-2)13-7-11-14-8(10)5-6-9(13)14/h5-7H,3-4,10H2,1-2H3. The molecule has 0 aliphatic heterocycles. The fourth-order valence-electron chi connectivity index (χ4n) is 1.64. The van der Waals surface area contributed by atoms with Gasteiger partial charge in [0.1, 0.15) is 12.1 Å². The van der Waals surface area contributed by atoms with Gasteiger partial charge < -0.3 is 10.7 Å². The zero-order valence-electron chi connectivity index (χ0n) is 8.51. The molecule has 0 aliphatic carbocycles. The van der Waals surface area contributed by atoms with E-state index in [9.17, 15) is 0 Å². The molecule has 0 radical (unpaired) electrons. The Morgan fingerprint density at radius 1 is 1.36 bits per heavy atom. The minimum absolute atomic E-state index is 0.672. The second-order valence-corrected chi connectivity index (χ2v) is 3.14. The van der Waals surface area contributed by atoms with Gasteiger partial charge in [-0.15, -0.1) is 0 Å². The summed E-state index contributed by atoms with van der Waals surface area (Å²) in [6.07, 6.45) is 1.79. The predicted molar refractivity (Wildman–Crippen MR) is 56.9 cm³/mol. The van der Waals surface area contributed by atoms with Crippen LogP contribution in [0.2, 0.25) is 0 Å². The van der Waals surface area contributed by atoms with E-state index in [4.69, 9.17) is 5.73 Å². The van der Waals surface area contributed by atoms with Crippen LogP contribution < -0.4 is 10.7 Å². The molecule has 0 fully saturated rings. The Morgan fingerprint density at radius 3 is 2.71 bits per heavy atom. The van der Waals surface area contributed by atoms with E-state index in [-0.39, 0.29) is 0 Å². The normalized spacial score (nSPS) is 11.0. The van der Waals surface area contributed by atoms with Crippen LogP contribution in [0.25, 0.3) is 5.65 Å². The zero-order valence-corrected chi connectivity index (χ0v) is 8.51. The van der Waals surface area contributed by atoms with Crippen LogP contribution >= 0.6 is 0 Å². The lowest BCUT2D eigenvalue weighted by Crippen LogP contribution is -2.33. The van der Waals surface area contributed by atoms with Crippen LogP contribution in [0.4, 0.5) is 5.82 Å². The van der Waals surface area contributed by atoms with Gasteiger partial charge in [0.05, 0.1) is 0 Å². The van der Waals surface area contributed by atoms with Gasteiger partial charge in [-0.05, 0) is 26.0 Å². The number of aromatic nitrogens is 3. The van der Waals surface area contributed by atoms with Crippen LogP contribution in [-0.2, 0) is 0 Å². The van der Waals surface area contributed by atoms with Gasteiger partial charge in [-0.3, -0.25) is 0 Å². The van der Waals surface area contributed by atoms with Gasteiger partial charge in [0.2, 0.25) is 0 Å². The second kappa shape index (κ2) is 3.25. The number of fused-ring (bicyclic) bond motifs is 1. The summed E-state index contributed by atoms with van der Waals surface area (Å²) < 4.78 is 3.76. The summed E-state index contributed by atoms with van der Waals surface area (Å²) in [5.74, 6) is 0.672. The van der Waals surface area contributed by atoms with Crippen molar-refractivity contribution in [3.05, 3.63) is 18.5 Å². The van der Waals surface area contributed by atoms with Gasteiger partial charge in [0.25, 0.3) is 0 Å². The van der Waals surface area contributed by atoms with E-state index in [0.717, 1.165) is 18.7 Å². The Labute approximate surface area is 82.7 Å². The molecule has 2 rings (SSSR count). The molecule has 0 spiro atoms. The molecule has 5 heteroatoms. The van der Waals surface area contributed by atoms with Crippen molar-refractivity contribution in [1.29, 1.82) is 0 Å². The highest BCUT2D eigenvalue weighted by molar-refractivity contribution is 5.50. The van der Waals surface area contributed by atoms with Crippen LogP contribution in [0.1, 0.15) is 13.8 Å². The molecule has 5 nitrogen and oxygen atoms in total. The second-order valence-electron chi connectivity index (χ2n) is 3.14. The van der Waals surface area contributed by atoms with Crippen LogP contribution in [0.15, 0.2) is 18.5 Å². The van der Waals surface area contributed by atoms with Gasteiger partial charge in [-0.2, -0.15) is 9.61 Å². The van der Waals surface area contributed by atoms with Crippen molar-refractivity contribution >= 4 is 11.5 Å². The molecule has 2 heterocycles.